The number of amides is 1. The first kappa shape index (κ1) is 15.1. The monoisotopic (exact) mass is 327 g/mol. The Morgan fingerprint density at radius 2 is 1.96 bits per heavy atom. The molecule has 0 radical (unpaired) electrons. The normalized spacial score (nSPS) is 17.7. The predicted octanol–water partition coefficient (Wildman–Crippen LogP) is 1.09. The Bertz CT molecular complexity index is 710. The van der Waals surface area contributed by atoms with Gasteiger partial charge in [0.1, 0.15) is 12.4 Å². The molecule has 4 heterocycles. The fraction of sp³-hybridized carbons (Fsp3) is 0.471. The highest BCUT2D eigenvalue weighted by Crippen LogP contribution is 2.27. The second kappa shape index (κ2) is 6.60. The van der Waals surface area contributed by atoms with Crippen molar-refractivity contribution in [3.63, 3.8) is 0 Å². The van der Waals surface area contributed by atoms with E-state index in [1.807, 2.05) is 40.2 Å². The number of aryl methyl sites for hydroxylation is 1. The lowest BCUT2D eigenvalue weighted by Gasteiger charge is -2.31. The van der Waals surface area contributed by atoms with Gasteiger partial charge in [0.2, 0.25) is 11.9 Å². The van der Waals surface area contributed by atoms with Gasteiger partial charge in [-0.1, -0.05) is 0 Å². The minimum Gasteiger partial charge on any atom is -0.378 e. The van der Waals surface area contributed by atoms with E-state index in [0.29, 0.717) is 32.3 Å². The molecule has 0 atom stereocenters. The van der Waals surface area contributed by atoms with Crippen LogP contribution in [0.3, 0.4) is 0 Å². The molecule has 0 spiro atoms. The van der Waals surface area contributed by atoms with Crippen molar-refractivity contribution in [3.05, 3.63) is 36.3 Å². The van der Waals surface area contributed by atoms with Crippen LogP contribution in [0.1, 0.15) is 12.0 Å². The number of ether oxygens (including phenoxy) is 1. The number of morpholine rings is 1. The Labute approximate surface area is 140 Å². The summed E-state index contributed by atoms with van der Waals surface area (Å²) in [6.07, 6.45) is 7.56. The molecule has 2 aromatic rings. The van der Waals surface area contributed by atoms with Gasteiger partial charge in [-0.15, -0.1) is 0 Å². The molecule has 0 unspecified atom stereocenters. The molecule has 2 aromatic heterocycles. The average Bonchev–Trinajstić information content (AvgIpc) is 3.14. The summed E-state index contributed by atoms with van der Waals surface area (Å²) in [6.45, 7) is 4.01. The number of hydrogen-bond acceptors (Lipinski definition) is 5. The van der Waals surface area contributed by atoms with Gasteiger partial charge < -0.3 is 14.2 Å². The molecule has 1 fully saturated rings. The molecule has 24 heavy (non-hydrogen) atoms. The molecule has 7 nitrogen and oxygen atoms in total. The third kappa shape index (κ3) is 2.99. The molecule has 0 saturated carbocycles. The summed E-state index contributed by atoms with van der Waals surface area (Å²) in [5, 5.41) is 0. The van der Waals surface area contributed by atoms with Crippen LogP contribution in [0.15, 0.2) is 30.7 Å². The van der Waals surface area contributed by atoms with Crippen LogP contribution in [0.4, 0.5) is 11.8 Å². The van der Waals surface area contributed by atoms with E-state index in [1.165, 1.54) is 0 Å². The van der Waals surface area contributed by atoms with Gasteiger partial charge in [0.15, 0.2) is 0 Å². The number of carbonyl (C=O) groups excluding carboxylic acids is 1. The zero-order valence-electron chi connectivity index (χ0n) is 13.6. The molecule has 2 aliphatic rings. The van der Waals surface area contributed by atoms with Crippen molar-refractivity contribution in [3.8, 4) is 0 Å². The van der Waals surface area contributed by atoms with Gasteiger partial charge in [0, 0.05) is 43.8 Å². The highest BCUT2D eigenvalue weighted by Gasteiger charge is 2.26. The average molecular weight is 327 g/mol. The maximum atomic E-state index is 12.7. The highest BCUT2D eigenvalue weighted by molar-refractivity contribution is 5.93. The lowest BCUT2D eigenvalue weighted by molar-refractivity contribution is -0.119. The number of rotatable bonds is 3. The lowest BCUT2D eigenvalue weighted by atomic mass is 10.1. The molecule has 0 aromatic carbocycles. The van der Waals surface area contributed by atoms with Crippen molar-refractivity contribution < 1.29 is 9.53 Å². The third-order valence-corrected chi connectivity index (χ3v) is 4.49. The zero-order chi connectivity index (χ0) is 16.4. The van der Waals surface area contributed by atoms with Crippen LogP contribution in [0.2, 0.25) is 0 Å². The fourth-order valence-electron chi connectivity index (χ4n) is 3.21. The van der Waals surface area contributed by atoms with Crippen LogP contribution >= 0.6 is 0 Å². The summed E-state index contributed by atoms with van der Waals surface area (Å²) < 4.78 is 7.28. The van der Waals surface area contributed by atoms with Gasteiger partial charge in [-0.2, -0.15) is 4.98 Å². The minimum atomic E-state index is 0.0683. The van der Waals surface area contributed by atoms with E-state index in [4.69, 9.17) is 9.72 Å². The van der Waals surface area contributed by atoms with Crippen LogP contribution in [-0.4, -0.2) is 53.3 Å². The molecule has 0 bridgehead atoms. The second-order valence-corrected chi connectivity index (χ2v) is 6.12. The van der Waals surface area contributed by atoms with Gasteiger partial charge in [-0.25, -0.2) is 4.98 Å². The van der Waals surface area contributed by atoms with Gasteiger partial charge in [0.05, 0.1) is 13.2 Å². The van der Waals surface area contributed by atoms with Crippen molar-refractivity contribution in [1.82, 2.24) is 14.5 Å². The van der Waals surface area contributed by atoms with E-state index >= 15 is 0 Å². The molecular formula is C17H21N5O2. The Morgan fingerprint density at radius 1 is 1.17 bits per heavy atom. The van der Waals surface area contributed by atoms with E-state index < -0.39 is 0 Å². The lowest BCUT2D eigenvalue weighted by Crippen LogP contribution is -2.40. The SMILES string of the molecule is O=C(Cn1cccc1)N1CCCc2cnc(N3CCOCC3)nc21. The van der Waals surface area contributed by atoms with Gasteiger partial charge in [-0.3, -0.25) is 9.69 Å². The van der Waals surface area contributed by atoms with Crippen molar-refractivity contribution >= 4 is 17.7 Å². The predicted molar refractivity (Wildman–Crippen MR) is 90.2 cm³/mol. The first-order chi connectivity index (χ1) is 11.8. The van der Waals surface area contributed by atoms with E-state index in [2.05, 4.69) is 9.88 Å². The molecule has 1 amide bonds. The number of hydrogen-bond donors (Lipinski definition) is 0. The molecular weight excluding hydrogens is 306 g/mol. The highest BCUT2D eigenvalue weighted by atomic mass is 16.5. The van der Waals surface area contributed by atoms with E-state index in [0.717, 1.165) is 37.3 Å². The summed E-state index contributed by atoms with van der Waals surface area (Å²) in [7, 11) is 0. The topological polar surface area (TPSA) is 63.5 Å². The summed E-state index contributed by atoms with van der Waals surface area (Å²) in [5.74, 6) is 1.53. The third-order valence-electron chi connectivity index (χ3n) is 4.49. The Morgan fingerprint density at radius 3 is 2.75 bits per heavy atom. The van der Waals surface area contributed by atoms with E-state index in [-0.39, 0.29) is 5.91 Å². The Balaban J connectivity index is 1.59. The molecule has 0 aliphatic carbocycles. The Hall–Kier alpha value is -2.41. The van der Waals surface area contributed by atoms with Crippen molar-refractivity contribution in [2.45, 2.75) is 19.4 Å². The zero-order valence-corrected chi connectivity index (χ0v) is 13.6. The van der Waals surface area contributed by atoms with Crippen molar-refractivity contribution in [1.29, 1.82) is 0 Å². The number of nitrogens with zero attached hydrogens (tertiary/aromatic N) is 5. The van der Waals surface area contributed by atoms with Crippen molar-refractivity contribution in [2.24, 2.45) is 0 Å². The minimum absolute atomic E-state index is 0.0683. The largest absolute Gasteiger partial charge is 0.378 e. The van der Waals surface area contributed by atoms with Crippen molar-refractivity contribution in [2.75, 3.05) is 42.6 Å². The van der Waals surface area contributed by atoms with Gasteiger partial charge in [0.25, 0.3) is 0 Å². The van der Waals surface area contributed by atoms with Crippen LogP contribution in [-0.2, 0) is 22.5 Å². The van der Waals surface area contributed by atoms with Gasteiger partial charge in [-0.05, 0) is 25.0 Å². The number of carbonyl (C=O) groups is 1. The molecule has 0 N–H and O–H groups in total. The summed E-state index contributed by atoms with van der Waals surface area (Å²) >= 11 is 0. The smallest absolute Gasteiger partial charge is 0.248 e. The van der Waals surface area contributed by atoms with Crippen LogP contribution in [0, 0.1) is 0 Å². The number of anilines is 2. The van der Waals surface area contributed by atoms with Crippen LogP contribution in [0.25, 0.3) is 0 Å². The molecule has 7 heteroatoms. The standard InChI is InChI=1S/C17H21N5O2/c23-15(13-20-5-1-2-6-20)22-7-3-4-14-12-18-17(19-16(14)22)21-8-10-24-11-9-21/h1-2,5-6,12H,3-4,7-11,13H2. The summed E-state index contributed by atoms with van der Waals surface area (Å²) in [5.41, 5.74) is 1.05. The Kier molecular flexibility index (Phi) is 4.17. The number of fused-ring (bicyclic) bond motifs is 1. The fourth-order valence-corrected chi connectivity index (χ4v) is 3.21. The van der Waals surface area contributed by atoms with E-state index in [9.17, 15) is 4.79 Å². The molecule has 126 valence electrons. The first-order valence-electron chi connectivity index (χ1n) is 8.41. The molecule has 1 saturated heterocycles. The van der Waals surface area contributed by atoms with Crippen LogP contribution in [0.5, 0.6) is 0 Å². The molecule has 4 rings (SSSR count). The maximum absolute atomic E-state index is 12.7. The van der Waals surface area contributed by atoms with E-state index in [1.54, 1.807) is 0 Å². The summed E-state index contributed by atoms with van der Waals surface area (Å²) in [6, 6.07) is 3.85. The second-order valence-electron chi connectivity index (χ2n) is 6.12. The number of aromatic nitrogens is 3. The van der Waals surface area contributed by atoms with Crippen LogP contribution < -0.4 is 9.80 Å². The van der Waals surface area contributed by atoms with Gasteiger partial charge >= 0.3 is 0 Å². The summed E-state index contributed by atoms with van der Waals surface area (Å²) in [4.78, 5) is 25.9. The first-order valence-corrected chi connectivity index (χ1v) is 8.41. The molecule has 2 aliphatic heterocycles. The maximum Gasteiger partial charge on any atom is 0.248 e. The quantitative estimate of drug-likeness (QED) is 0.844.